The van der Waals surface area contributed by atoms with Crippen LogP contribution in [0.5, 0.6) is 0 Å². The largest absolute Gasteiger partial charge is 1.00 e. The normalized spacial score (nSPS) is 12.5. The van der Waals surface area contributed by atoms with Crippen LogP contribution in [0.25, 0.3) is 0 Å². The van der Waals surface area contributed by atoms with Crippen molar-refractivity contribution in [2.24, 2.45) is 0 Å². The molecule has 0 spiro atoms. The maximum atomic E-state index is 10.7. The van der Waals surface area contributed by atoms with Crippen LogP contribution < -0.4 is 51.4 Å². The molecule has 0 aromatic heterocycles. The van der Waals surface area contributed by atoms with Crippen molar-refractivity contribution < 1.29 is 72.6 Å². The Balaban J connectivity index is 0.00000544. The number of unbranched alkanes of at least 4 members (excludes halogenated alkanes) is 6. The summed E-state index contributed by atoms with van der Waals surface area (Å²) < 4.78 is 0. The molecule has 2 atom stereocenters. The van der Waals surface area contributed by atoms with Crippen LogP contribution in [0, 0.1) is 0 Å². The van der Waals surface area contributed by atoms with Gasteiger partial charge >= 0.3 is 63.3 Å². The number of benzene rings is 2. The monoisotopic (exact) mass is 478 g/mol. The Morgan fingerprint density at radius 1 is 0.576 bits per heavy atom. The quantitative estimate of drug-likeness (QED) is 0.259. The zero-order valence-corrected chi connectivity index (χ0v) is 23.2. The summed E-state index contributed by atoms with van der Waals surface area (Å²) in [6.07, 6.45) is 10.5. The summed E-state index contributed by atoms with van der Waals surface area (Å²) in [5, 5.41) is 17.7. The minimum atomic E-state index is -0.709. The van der Waals surface area contributed by atoms with Crippen molar-refractivity contribution in [3.63, 3.8) is 0 Å². The van der Waals surface area contributed by atoms with E-state index in [1.54, 1.807) is 0 Å². The first-order chi connectivity index (χ1) is 15.6. The smallest absolute Gasteiger partial charge is 1.00 e. The van der Waals surface area contributed by atoms with E-state index in [-0.39, 0.29) is 65.7 Å². The summed E-state index contributed by atoms with van der Waals surface area (Å²) in [6.45, 7) is 0. The third-order valence-electron chi connectivity index (χ3n) is 6.25. The second-order valence-corrected chi connectivity index (χ2v) is 8.73. The molecule has 2 N–H and O–H groups in total. The van der Waals surface area contributed by atoms with Crippen molar-refractivity contribution >= 4 is 11.9 Å². The topological polar surface area (TPSA) is 74.6 Å². The Hall–Kier alpha value is -0.984. The molecule has 0 radical (unpaired) electrons. The maximum Gasteiger partial charge on any atom is 1.00 e. The van der Waals surface area contributed by atoms with E-state index in [9.17, 15) is 9.59 Å². The molecule has 0 saturated heterocycles. The van der Waals surface area contributed by atoms with Crippen LogP contribution in [-0.2, 0) is 9.59 Å². The summed E-state index contributed by atoms with van der Waals surface area (Å²) in [5.74, 6) is -0.562. The van der Waals surface area contributed by atoms with Gasteiger partial charge in [0.1, 0.15) is 0 Å². The molecule has 0 aliphatic heterocycles. The van der Waals surface area contributed by atoms with Gasteiger partial charge in [-0.1, -0.05) is 99.2 Å². The Morgan fingerprint density at radius 2 is 0.909 bits per heavy atom. The first-order valence-corrected chi connectivity index (χ1v) is 12.1. The van der Waals surface area contributed by atoms with E-state index >= 15 is 0 Å². The van der Waals surface area contributed by atoms with Crippen molar-refractivity contribution in [3.8, 4) is 0 Å². The molecule has 5 heteroatoms. The number of carboxylic acid groups (broad SMARTS) is 2. The molecule has 0 aliphatic rings. The average Bonchev–Trinajstić information content (AvgIpc) is 2.79. The van der Waals surface area contributed by atoms with Gasteiger partial charge in [-0.15, -0.1) is 0 Å². The van der Waals surface area contributed by atoms with E-state index in [0.717, 1.165) is 64.2 Å². The zero-order valence-electron chi connectivity index (χ0n) is 21.1. The van der Waals surface area contributed by atoms with Gasteiger partial charge in [0.15, 0.2) is 0 Å². The number of hydrogen-bond acceptors (Lipinski definition) is 2. The molecule has 0 bridgehead atoms. The SMILES string of the molecule is O=C(O)CCCCCCC(c1ccccc1)C(CCCCCCC(=O)O)c1ccccc1.[H-].[K+]. The van der Waals surface area contributed by atoms with E-state index in [0.29, 0.717) is 11.8 Å². The standard InChI is InChI=1S/C28H38O4.K.H/c29-27(30)21-13-3-1-11-19-25(23-15-7-5-8-16-23)26(24-17-9-6-10-18-24)20-12-2-4-14-22-28(31)32;;/h5-10,15-18,25-26H,1-4,11-14,19-22H2,(H,29,30)(H,31,32);;/q;+1;-1. The van der Waals surface area contributed by atoms with Crippen LogP contribution in [0.2, 0.25) is 0 Å². The van der Waals surface area contributed by atoms with Crippen LogP contribution in [0.4, 0.5) is 0 Å². The summed E-state index contributed by atoms with van der Waals surface area (Å²) in [4.78, 5) is 21.5. The second kappa shape index (κ2) is 18.4. The Kier molecular flexibility index (Phi) is 16.7. The molecule has 0 saturated carbocycles. The summed E-state index contributed by atoms with van der Waals surface area (Å²) in [6, 6.07) is 21.5. The van der Waals surface area contributed by atoms with E-state index in [1.807, 2.05) is 0 Å². The average molecular weight is 479 g/mol. The van der Waals surface area contributed by atoms with Gasteiger partial charge in [0.25, 0.3) is 0 Å². The number of carbonyl (C=O) groups is 2. The van der Waals surface area contributed by atoms with Crippen LogP contribution in [0.1, 0.15) is 101 Å². The van der Waals surface area contributed by atoms with Gasteiger partial charge in [-0.25, -0.2) is 0 Å². The van der Waals surface area contributed by atoms with E-state index in [2.05, 4.69) is 60.7 Å². The summed E-state index contributed by atoms with van der Waals surface area (Å²) >= 11 is 0. The molecule has 33 heavy (non-hydrogen) atoms. The molecule has 2 aromatic carbocycles. The fourth-order valence-electron chi connectivity index (χ4n) is 4.59. The van der Waals surface area contributed by atoms with Gasteiger partial charge < -0.3 is 11.6 Å². The zero-order chi connectivity index (χ0) is 23.0. The molecule has 4 nitrogen and oxygen atoms in total. The fourth-order valence-corrected chi connectivity index (χ4v) is 4.59. The minimum Gasteiger partial charge on any atom is -1.00 e. The van der Waals surface area contributed by atoms with Crippen molar-refractivity contribution in [3.05, 3.63) is 71.8 Å². The van der Waals surface area contributed by atoms with Crippen molar-refractivity contribution in [1.29, 1.82) is 0 Å². The maximum absolute atomic E-state index is 10.7. The Bertz CT molecular complexity index is 718. The van der Waals surface area contributed by atoms with Crippen molar-refractivity contribution in [2.75, 3.05) is 0 Å². The number of aliphatic carboxylic acids is 2. The van der Waals surface area contributed by atoms with Gasteiger partial charge in [-0.3, -0.25) is 9.59 Å². The molecule has 0 amide bonds. The molecule has 0 aliphatic carbocycles. The van der Waals surface area contributed by atoms with Crippen LogP contribution in [0.3, 0.4) is 0 Å². The molecule has 2 rings (SSSR count). The van der Waals surface area contributed by atoms with Gasteiger partial charge in [0.05, 0.1) is 0 Å². The minimum absolute atomic E-state index is 0. The molecule has 176 valence electrons. The Labute approximate surface area is 243 Å². The molecule has 0 heterocycles. The second-order valence-electron chi connectivity index (χ2n) is 8.73. The van der Waals surface area contributed by atoms with Gasteiger partial charge in [0, 0.05) is 12.8 Å². The van der Waals surface area contributed by atoms with Gasteiger partial charge in [-0.05, 0) is 48.6 Å². The predicted molar refractivity (Wildman–Crippen MR) is 130 cm³/mol. The molecular weight excluding hydrogens is 439 g/mol. The summed E-state index contributed by atoms with van der Waals surface area (Å²) in [5.41, 5.74) is 2.75. The third-order valence-corrected chi connectivity index (χ3v) is 6.25. The van der Waals surface area contributed by atoms with Crippen LogP contribution >= 0.6 is 0 Å². The first kappa shape index (κ1) is 30.0. The van der Waals surface area contributed by atoms with E-state index in [1.165, 1.54) is 11.1 Å². The van der Waals surface area contributed by atoms with Crippen molar-refractivity contribution in [2.45, 2.75) is 88.9 Å². The van der Waals surface area contributed by atoms with E-state index < -0.39 is 11.9 Å². The van der Waals surface area contributed by atoms with Gasteiger partial charge in [0.2, 0.25) is 0 Å². The number of hydrogen-bond donors (Lipinski definition) is 2. The Morgan fingerprint density at radius 3 is 1.24 bits per heavy atom. The van der Waals surface area contributed by atoms with Gasteiger partial charge in [-0.2, -0.15) is 0 Å². The predicted octanol–water partition coefficient (Wildman–Crippen LogP) is 4.52. The van der Waals surface area contributed by atoms with Crippen molar-refractivity contribution in [1.82, 2.24) is 0 Å². The number of rotatable bonds is 17. The molecule has 0 fully saturated rings. The van der Waals surface area contributed by atoms with E-state index in [4.69, 9.17) is 10.2 Å². The number of carboxylic acids is 2. The summed E-state index contributed by atoms with van der Waals surface area (Å²) in [7, 11) is 0. The third kappa shape index (κ3) is 12.9. The fraction of sp³-hybridized carbons (Fsp3) is 0.500. The molecule has 2 unspecified atom stereocenters. The van der Waals surface area contributed by atoms with Crippen LogP contribution in [-0.4, -0.2) is 22.2 Å². The molecular formula is C28H39KO4. The van der Waals surface area contributed by atoms with Crippen LogP contribution in [0.15, 0.2) is 60.7 Å². The molecule has 2 aromatic rings. The first-order valence-electron chi connectivity index (χ1n) is 12.1.